The number of carboxylic acids is 1. The number of halogens is 4. The summed E-state index contributed by atoms with van der Waals surface area (Å²) in [6, 6.07) is 3.34. The highest BCUT2D eigenvalue weighted by atomic mass is 19.4. The van der Waals surface area contributed by atoms with Gasteiger partial charge >= 0.3 is 12.1 Å². The van der Waals surface area contributed by atoms with E-state index in [2.05, 4.69) is 0 Å². The van der Waals surface area contributed by atoms with Crippen molar-refractivity contribution in [2.45, 2.75) is 31.6 Å². The van der Waals surface area contributed by atoms with Gasteiger partial charge in [0.2, 0.25) is 6.17 Å². The number of likely N-dealkylation sites (tertiary alicyclic amines) is 1. The molecule has 1 heterocycles. The molecule has 8 heteroatoms. The highest BCUT2D eigenvalue weighted by Crippen LogP contribution is 2.49. The van der Waals surface area contributed by atoms with E-state index in [1.54, 1.807) is 0 Å². The first kappa shape index (κ1) is 17.7. The summed E-state index contributed by atoms with van der Waals surface area (Å²) in [6.45, 7) is 0.124. The lowest BCUT2D eigenvalue weighted by atomic mass is 9.81. The Morgan fingerprint density at radius 1 is 1.24 bits per heavy atom. The summed E-state index contributed by atoms with van der Waals surface area (Å²) in [6.07, 6.45) is -4.75. The molecule has 0 spiro atoms. The van der Waals surface area contributed by atoms with Gasteiger partial charge in [-0.05, 0) is 36.5 Å². The van der Waals surface area contributed by atoms with E-state index in [-0.39, 0.29) is 24.6 Å². The van der Waals surface area contributed by atoms with Crippen LogP contribution >= 0.6 is 0 Å². The topological polar surface area (TPSA) is 57.6 Å². The third-order valence-electron chi connectivity index (χ3n) is 5.36. The fourth-order valence-electron chi connectivity index (χ4n) is 3.95. The van der Waals surface area contributed by atoms with Crippen LogP contribution in [0.4, 0.5) is 17.6 Å². The molecule has 0 aromatic heterocycles. The van der Waals surface area contributed by atoms with Gasteiger partial charge in [-0.25, -0.2) is 4.39 Å². The average molecular weight is 359 g/mol. The van der Waals surface area contributed by atoms with Crippen LogP contribution in [0.2, 0.25) is 0 Å². The summed E-state index contributed by atoms with van der Waals surface area (Å²) < 4.78 is 52.1. The van der Waals surface area contributed by atoms with Gasteiger partial charge in [0.1, 0.15) is 0 Å². The lowest BCUT2D eigenvalue weighted by Crippen LogP contribution is -2.38. The SMILES string of the molecule is O=C(C(F)c1ccc(C(F)(F)F)cc1)N1C[C@@H]2CCC[C@@]2(C(=O)O)C1. The standard InChI is InChI=1S/C17H17F4NO3/c18-13(10-3-5-11(6-4-10)17(19,20)21)14(23)22-8-12-2-1-7-16(12,9-22)15(24)25/h3-6,12-13H,1-2,7-9H2,(H,24,25)/t12-,13?,16+/m0/s1. The number of nitrogens with zero attached hydrogens (tertiary/aromatic N) is 1. The average Bonchev–Trinajstić information content (AvgIpc) is 3.11. The molecule has 3 rings (SSSR count). The minimum absolute atomic E-state index is 0.0487. The van der Waals surface area contributed by atoms with Crippen LogP contribution in [-0.4, -0.2) is 35.0 Å². The van der Waals surface area contributed by atoms with Crippen molar-refractivity contribution in [3.8, 4) is 0 Å². The van der Waals surface area contributed by atoms with Crippen molar-refractivity contribution in [3.05, 3.63) is 35.4 Å². The summed E-state index contributed by atoms with van der Waals surface area (Å²) in [5.74, 6) is -2.07. The number of hydrogen-bond donors (Lipinski definition) is 1. The number of alkyl halides is 4. The summed E-state index contributed by atoms with van der Waals surface area (Å²) in [5.41, 5.74) is -2.11. The highest BCUT2D eigenvalue weighted by Gasteiger charge is 2.56. The van der Waals surface area contributed by atoms with Crippen LogP contribution in [-0.2, 0) is 15.8 Å². The van der Waals surface area contributed by atoms with Gasteiger partial charge in [-0.3, -0.25) is 9.59 Å². The van der Waals surface area contributed by atoms with Crippen LogP contribution in [0.1, 0.15) is 36.6 Å². The number of carboxylic acid groups (broad SMARTS) is 1. The van der Waals surface area contributed by atoms with E-state index >= 15 is 0 Å². The molecule has 0 radical (unpaired) electrons. The zero-order chi connectivity index (χ0) is 18.4. The minimum Gasteiger partial charge on any atom is -0.481 e. The fraction of sp³-hybridized carbons (Fsp3) is 0.529. The molecule has 2 fully saturated rings. The third kappa shape index (κ3) is 2.98. The molecule has 1 aliphatic carbocycles. The van der Waals surface area contributed by atoms with Crippen molar-refractivity contribution in [2.24, 2.45) is 11.3 Å². The Kier molecular flexibility index (Phi) is 4.25. The predicted molar refractivity (Wildman–Crippen MR) is 79.3 cm³/mol. The van der Waals surface area contributed by atoms with Crippen molar-refractivity contribution >= 4 is 11.9 Å². The van der Waals surface area contributed by atoms with Crippen molar-refractivity contribution in [1.29, 1.82) is 0 Å². The lowest BCUT2D eigenvalue weighted by molar-refractivity contribution is -0.150. The van der Waals surface area contributed by atoms with E-state index in [0.717, 1.165) is 30.7 Å². The van der Waals surface area contributed by atoms with Crippen molar-refractivity contribution < 1.29 is 32.3 Å². The first-order valence-corrected chi connectivity index (χ1v) is 7.98. The summed E-state index contributed by atoms with van der Waals surface area (Å²) in [4.78, 5) is 25.2. The molecule has 1 unspecified atom stereocenters. The number of amides is 1. The monoisotopic (exact) mass is 359 g/mol. The number of benzene rings is 1. The van der Waals surface area contributed by atoms with Gasteiger partial charge < -0.3 is 10.0 Å². The summed E-state index contributed by atoms with van der Waals surface area (Å²) in [7, 11) is 0. The Hall–Kier alpha value is -2.12. The first-order valence-electron chi connectivity index (χ1n) is 7.98. The Morgan fingerprint density at radius 3 is 2.40 bits per heavy atom. The molecule has 1 aromatic rings. The largest absolute Gasteiger partial charge is 0.481 e. The van der Waals surface area contributed by atoms with E-state index in [1.807, 2.05) is 0 Å². The molecule has 25 heavy (non-hydrogen) atoms. The molecule has 1 aromatic carbocycles. The van der Waals surface area contributed by atoms with Crippen molar-refractivity contribution in [3.63, 3.8) is 0 Å². The van der Waals surface area contributed by atoms with Crippen LogP contribution in [0.3, 0.4) is 0 Å². The molecule has 2 aliphatic rings. The highest BCUT2D eigenvalue weighted by molar-refractivity contribution is 5.85. The second kappa shape index (κ2) is 6.00. The van der Waals surface area contributed by atoms with E-state index in [0.29, 0.717) is 12.8 Å². The number of aliphatic carboxylic acids is 1. The number of fused-ring (bicyclic) bond motifs is 1. The molecular weight excluding hydrogens is 342 g/mol. The predicted octanol–water partition coefficient (Wildman–Crippen LogP) is 3.43. The normalized spacial score (nSPS) is 27.2. The molecular formula is C17H17F4NO3. The number of rotatable bonds is 3. The maximum Gasteiger partial charge on any atom is 0.416 e. The van der Waals surface area contributed by atoms with Gasteiger partial charge in [0.25, 0.3) is 5.91 Å². The van der Waals surface area contributed by atoms with Gasteiger partial charge in [-0.2, -0.15) is 13.2 Å². The maximum atomic E-state index is 14.5. The Labute approximate surface area is 141 Å². The Morgan fingerprint density at radius 2 is 1.88 bits per heavy atom. The molecule has 3 atom stereocenters. The van der Waals surface area contributed by atoms with Crippen LogP contribution in [0.5, 0.6) is 0 Å². The second-order valence-electron chi connectivity index (χ2n) is 6.75. The van der Waals surface area contributed by atoms with E-state index in [4.69, 9.17) is 0 Å². The van der Waals surface area contributed by atoms with E-state index in [9.17, 15) is 32.3 Å². The molecule has 1 N–H and O–H groups in total. The molecule has 136 valence electrons. The molecule has 1 saturated heterocycles. The number of hydrogen-bond acceptors (Lipinski definition) is 2. The minimum atomic E-state index is -4.53. The lowest BCUT2D eigenvalue weighted by Gasteiger charge is -2.24. The number of carbonyl (C=O) groups is 2. The third-order valence-corrected chi connectivity index (χ3v) is 5.36. The number of carbonyl (C=O) groups excluding carboxylic acids is 1. The molecule has 1 amide bonds. The fourth-order valence-corrected chi connectivity index (χ4v) is 3.95. The summed E-state index contributed by atoms with van der Waals surface area (Å²) >= 11 is 0. The zero-order valence-electron chi connectivity index (χ0n) is 13.2. The molecule has 0 bridgehead atoms. The van der Waals surface area contributed by atoms with Crippen LogP contribution < -0.4 is 0 Å². The van der Waals surface area contributed by atoms with Crippen LogP contribution in [0.25, 0.3) is 0 Å². The van der Waals surface area contributed by atoms with E-state index < -0.39 is 35.2 Å². The van der Waals surface area contributed by atoms with Gasteiger partial charge in [-0.1, -0.05) is 18.6 Å². The maximum absolute atomic E-state index is 14.5. The van der Waals surface area contributed by atoms with Gasteiger partial charge in [-0.15, -0.1) is 0 Å². The second-order valence-corrected chi connectivity index (χ2v) is 6.75. The van der Waals surface area contributed by atoms with Gasteiger partial charge in [0.05, 0.1) is 11.0 Å². The van der Waals surface area contributed by atoms with Crippen LogP contribution in [0, 0.1) is 11.3 Å². The van der Waals surface area contributed by atoms with E-state index in [1.165, 1.54) is 4.90 Å². The van der Waals surface area contributed by atoms with Gasteiger partial charge in [0.15, 0.2) is 0 Å². The molecule has 1 aliphatic heterocycles. The zero-order valence-corrected chi connectivity index (χ0v) is 13.2. The van der Waals surface area contributed by atoms with Gasteiger partial charge in [0, 0.05) is 13.1 Å². The summed E-state index contributed by atoms with van der Waals surface area (Å²) in [5, 5.41) is 9.50. The van der Waals surface area contributed by atoms with Crippen molar-refractivity contribution in [1.82, 2.24) is 4.90 Å². The molecule has 1 saturated carbocycles. The molecule has 4 nitrogen and oxygen atoms in total. The van der Waals surface area contributed by atoms with Crippen LogP contribution in [0.15, 0.2) is 24.3 Å². The van der Waals surface area contributed by atoms with Crippen molar-refractivity contribution in [2.75, 3.05) is 13.1 Å². The first-order chi connectivity index (χ1) is 11.6. The Bertz CT molecular complexity index is 688. The Balaban J connectivity index is 1.74. The smallest absolute Gasteiger partial charge is 0.416 e. The quantitative estimate of drug-likeness (QED) is 0.842.